The molecule has 4 rings (SSSR count). The minimum Gasteiger partial charge on any atom is -0.489 e. The fraction of sp³-hybridized carbons (Fsp3) is 0.364. The second kappa shape index (κ2) is 9.07. The summed E-state index contributed by atoms with van der Waals surface area (Å²) in [6.07, 6.45) is -3.43. The van der Waals surface area contributed by atoms with Gasteiger partial charge in [-0.2, -0.15) is 18.2 Å². The number of halogens is 3. The molecule has 0 saturated carbocycles. The van der Waals surface area contributed by atoms with Crippen LogP contribution in [-0.4, -0.2) is 41.3 Å². The van der Waals surface area contributed by atoms with Crippen LogP contribution in [0.4, 0.5) is 13.2 Å². The second-order valence-corrected chi connectivity index (χ2v) is 7.43. The van der Waals surface area contributed by atoms with Gasteiger partial charge in [-0.1, -0.05) is 17.3 Å². The van der Waals surface area contributed by atoms with E-state index in [9.17, 15) is 13.2 Å². The quantitative estimate of drug-likeness (QED) is 0.545. The van der Waals surface area contributed by atoms with E-state index in [-0.39, 0.29) is 12.7 Å². The Labute approximate surface area is 177 Å². The monoisotopic (exact) mass is 433 g/mol. The van der Waals surface area contributed by atoms with Crippen molar-refractivity contribution in [3.8, 4) is 17.1 Å². The molecule has 164 valence electrons. The Bertz CT molecular complexity index is 988. The zero-order valence-electron chi connectivity index (χ0n) is 16.9. The van der Waals surface area contributed by atoms with Crippen LogP contribution in [0.5, 0.6) is 5.75 Å². The van der Waals surface area contributed by atoms with Crippen LogP contribution in [0.25, 0.3) is 11.4 Å². The molecule has 0 bridgehead atoms. The highest BCUT2D eigenvalue weighted by Gasteiger charge is 2.30. The van der Waals surface area contributed by atoms with Crippen molar-refractivity contribution >= 4 is 0 Å². The minimum atomic E-state index is -4.31. The summed E-state index contributed by atoms with van der Waals surface area (Å²) in [6, 6.07) is 12.8. The van der Waals surface area contributed by atoms with Crippen LogP contribution in [0.2, 0.25) is 0 Å². The summed E-state index contributed by atoms with van der Waals surface area (Å²) >= 11 is 0. The van der Waals surface area contributed by atoms with Crippen LogP contribution in [-0.2, 0) is 24.1 Å². The third-order valence-corrected chi connectivity index (χ3v) is 5.07. The van der Waals surface area contributed by atoms with Gasteiger partial charge in [0.15, 0.2) is 0 Å². The van der Waals surface area contributed by atoms with Crippen LogP contribution < -0.4 is 4.74 Å². The maximum absolute atomic E-state index is 12.7. The van der Waals surface area contributed by atoms with Gasteiger partial charge in [0.05, 0.1) is 5.56 Å². The number of nitrogens with zero attached hydrogens (tertiary/aromatic N) is 3. The average Bonchev–Trinajstić information content (AvgIpc) is 3.38. The number of benzene rings is 2. The second-order valence-electron chi connectivity index (χ2n) is 7.43. The van der Waals surface area contributed by atoms with Gasteiger partial charge in [0.2, 0.25) is 5.82 Å². The molecule has 0 aliphatic carbocycles. The Kier molecular flexibility index (Phi) is 6.24. The molecule has 0 N–H and O–H groups in total. The average molecular weight is 433 g/mol. The number of likely N-dealkylation sites (tertiary alicyclic amines) is 1. The summed E-state index contributed by atoms with van der Waals surface area (Å²) in [6.45, 7) is 2.40. The molecule has 1 atom stereocenters. The lowest BCUT2D eigenvalue weighted by molar-refractivity contribution is -0.137. The molecule has 0 amide bonds. The lowest BCUT2D eigenvalue weighted by atomic mass is 10.1. The Morgan fingerprint density at radius 1 is 1.10 bits per heavy atom. The predicted molar refractivity (Wildman–Crippen MR) is 106 cm³/mol. The van der Waals surface area contributed by atoms with Crippen molar-refractivity contribution in [1.82, 2.24) is 15.0 Å². The summed E-state index contributed by atoms with van der Waals surface area (Å²) in [5.41, 5.74) is 1.04. The number of aromatic nitrogens is 2. The van der Waals surface area contributed by atoms with E-state index in [4.69, 9.17) is 14.0 Å². The van der Waals surface area contributed by atoms with Crippen molar-refractivity contribution in [1.29, 1.82) is 0 Å². The molecule has 1 fully saturated rings. The molecule has 0 radical (unpaired) electrons. The molecule has 1 saturated heterocycles. The summed E-state index contributed by atoms with van der Waals surface area (Å²) in [7, 11) is 1.56. The highest BCUT2D eigenvalue weighted by atomic mass is 19.4. The van der Waals surface area contributed by atoms with Crippen molar-refractivity contribution in [2.45, 2.75) is 31.9 Å². The smallest absolute Gasteiger partial charge is 0.416 e. The van der Waals surface area contributed by atoms with Gasteiger partial charge in [-0.3, -0.25) is 4.90 Å². The first-order valence-electron chi connectivity index (χ1n) is 9.88. The van der Waals surface area contributed by atoms with Gasteiger partial charge in [0.25, 0.3) is 5.89 Å². The van der Waals surface area contributed by atoms with Gasteiger partial charge < -0.3 is 14.0 Å². The summed E-state index contributed by atoms with van der Waals surface area (Å²) < 4.78 is 54.2. The van der Waals surface area contributed by atoms with Gasteiger partial charge in [-0.25, -0.2) is 0 Å². The standard InChI is InChI=1S/C22H22F3N3O3/c1-29-14-20-26-21(27-31-20)16-4-8-18(9-5-16)30-19-10-11-28(13-19)12-15-2-6-17(7-3-15)22(23,24)25/h2-9,19H,10-14H2,1H3. The zero-order chi connectivity index (χ0) is 21.8. The van der Waals surface area contributed by atoms with E-state index in [1.165, 1.54) is 12.1 Å². The van der Waals surface area contributed by atoms with E-state index in [2.05, 4.69) is 15.0 Å². The Morgan fingerprint density at radius 3 is 2.52 bits per heavy atom. The van der Waals surface area contributed by atoms with Gasteiger partial charge in [-0.05, 0) is 48.4 Å². The molecule has 1 aliphatic heterocycles. The van der Waals surface area contributed by atoms with Crippen LogP contribution in [0, 0.1) is 0 Å². The molecule has 9 heteroatoms. The summed E-state index contributed by atoms with van der Waals surface area (Å²) in [5.74, 6) is 1.64. The zero-order valence-corrected chi connectivity index (χ0v) is 16.9. The fourth-order valence-electron chi connectivity index (χ4n) is 3.52. The van der Waals surface area contributed by atoms with Crippen molar-refractivity contribution < 1.29 is 27.2 Å². The Hall–Kier alpha value is -2.91. The molecule has 2 heterocycles. The lowest BCUT2D eigenvalue weighted by Crippen LogP contribution is -2.24. The Morgan fingerprint density at radius 2 is 1.84 bits per heavy atom. The largest absolute Gasteiger partial charge is 0.489 e. The van der Waals surface area contributed by atoms with Crippen molar-refractivity contribution in [2.24, 2.45) is 0 Å². The highest BCUT2D eigenvalue weighted by Crippen LogP contribution is 2.29. The molecular weight excluding hydrogens is 411 g/mol. The van der Waals surface area contributed by atoms with Gasteiger partial charge in [0, 0.05) is 32.3 Å². The molecule has 1 aromatic heterocycles. The van der Waals surface area contributed by atoms with E-state index in [0.29, 0.717) is 24.8 Å². The first-order chi connectivity index (χ1) is 14.9. The number of hydrogen-bond donors (Lipinski definition) is 0. The molecule has 2 aromatic carbocycles. The van der Waals surface area contributed by atoms with Gasteiger partial charge in [0.1, 0.15) is 18.5 Å². The third kappa shape index (κ3) is 5.42. The molecule has 6 nitrogen and oxygen atoms in total. The van der Waals surface area contributed by atoms with Crippen LogP contribution >= 0.6 is 0 Å². The maximum atomic E-state index is 12.7. The van der Waals surface area contributed by atoms with E-state index in [1.807, 2.05) is 24.3 Å². The van der Waals surface area contributed by atoms with Crippen LogP contribution in [0.15, 0.2) is 53.1 Å². The van der Waals surface area contributed by atoms with E-state index in [0.717, 1.165) is 42.0 Å². The van der Waals surface area contributed by atoms with E-state index >= 15 is 0 Å². The van der Waals surface area contributed by atoms with Gasteiger partial charge >= 0.3 is 6.18 Å². The van der Waals surface area contributed by atoms with Gasteiger partial charge in [-0.15, -0.1) is 0 Å². The van der Waals surface area contributed by atoms with Crippen LogP contribution in [0.1, 0.15) is 23.4 Å². The van der Waals surface area contributed by atoms with Crippen LogP contribution in [0.3, 0.4) is 0 Å². The molecule has 1 aliphatic rings. The highest BCUT2D eigenvalue weighted by molar-refractivity contribution is 5.55. The molecular formula is C22H22F3N3O3. The van der Waals surface area contributed by atoms with Crippen molar-refractivity contribution in [2.75, 3.05) is 20.2 Å². The SMILES string of the molecule is COCc1nc(-c2ccc(OC3CCN(Cc4ccc(C(F)(F)F)cc4)C3)cc2)no1. The number of ether oxygens (including phenoxy) is 2. The predicted octanol–water partition coefficient (Wildman–Crippen LogP) is 4.56. The number of rotatable bonds is 7. The summed E-state index contributed by atoms with van der Waals surface area (Å²) in [5, 5.41) is 3.93. The minimum absolute atomic E-state index is 0.0266. The Balaban J connectivity index is 1.29. The number of methoxy groups -OCH3 is 1. The third-order valence-electron chi connectivity index (χ3n) is 5.07. The maximum Gasteiger partial charge on any atom is 0.416 e. The van der Waals surface area contributed by atoms with E-state index in [1.54, 1.807) is 7.11 Å². The first kappa shape index (κ1) is 21.3. The summed E-state index contributed by atoms with van der Waals surface area (Å²) in [4.78, 5) is 6.44. The molecule has 31 heavy (non-hydrogen) atoms. The lowest BCUT2D eigenvalue weighted by Gasteiger charge is -2.17. The number of hydrogen-bond acceptors (Lipinski definition) is 6. The molecule has 1 unspecified atom stereocenters. The molecule has 3 aromatic rings. The van der Waals surface area contributed by atoms with E-state index < -0.39 is 11.7 Å². The topological polar surface area (TPSA) is 60.6 Å². The number of alkyl halides is 3. The normalized spacial score (nSPS) is 17.2. The molecule has 0 spiro atoms. The fourth-order valence-corrected chi connectivity index (χ4v) is 3.52. The van der Waals surface area contributed by atoms with Crippen molar-refractivity contribution in [3.05, 3.63) is 65.5 Å². The first-order valence-corrected chi connectivity index (χ1v) is 9.88. The van der Waals surface area contributed by atoms with Crippen molar-refractivity contribution in [3.63, 3.8) is 0 Å².